The molecule has 5 nitrogen and oxygen atoms in total. The third kappa shape index (κ3) is 4.05. The Morgan fingerprint density at radius 2 is 1.80 bits per heavy atom. The highest BCUT2D eigenvalue weighted by atomic mass is 16.2. The number of Topliss-reactive ketones (excluding diaryl/α,β-unsaturated/α-hetero) is 1. The smallest absolute Gasteiger partial charge is 0.223 e. The monoisotopic (exact) mass is 338 g/mol. The van der Waals surface area contributed by atoms with Gasteiger partial charge < -0.3 is 10.6 Å². The number of fused-ring (bicyclic) bond motifs is 1. The van der Waals surface area contributed by atoms with E-state index in [0.717, 1.165) is 23.6 Å². The Kier molecular flexibility index (Phi) is 5.12. The van der Waals surface area contributed by atoms with Gasteiger partial charge in [-0.2, -0.15) is 0 Å². The van der Waals surface area contributed by atoms with Gasteiger partial charge in [-0.15, -0.1) is 0 Å². The van der Waals surface area contributed by atoms with Gasteiger partial charge in [0.25, 0.3) is 0 Å². The fourth-order valence-electron chi connectivity index (χ4n) is 3.38. The van der Waals surface area contributed by atoms with Crippen molar-refractivity contribution in [1.29, 1.82) is 0 Å². The van der Waals surface area contributed by atoms with Crippen molar-refractivity contribution in [1.82, 2.24) is 4.90 Å². The number of hydrogen-bond donors (Lipinski definition) is 1. The molecule has 1 fully saturated rings. The zero-order chi connectivity index (χ0) is 17.8. The van der Waals surface area contributed by atoms with Crippen LogP contribution in [-0.4, -0.2) is 35.6 Å². The van der Waals surface area contributed by atoms with Crippen LogP contribution in [0.25, 0.3) is 10.8 Å². The fourth-order valence-corrected chi connectivity index (χ4v) is 3.38. The highest BCUT2D eigenvalue weighted by molar-refractivity contribution is 6.01. The summed E-state index contributed by atoms with van der Waals surface area (Å²) in [5, 5.41) is 2.14. The standard InChI is InChI=1S/C20H22N2O3/c21-18(23)9-10-19(24)22-11-3-6-17(13-22)20(25)16-8-7-14-4-1-2-5-15(14)12-16/h1-2,4-5,7-8,12,17H,3,6,9-11,13H2,(H2,21,23). The van der Waals surface area contributed by atoms with E-state index in [2.05, 4.69) is 0 Å². The van der Waals surface area contributed by atoms with Crippen LogP contribution in [0.5, 0.6) is 0 Å². The Hall–Kier alpha value is -2.69. The maximum Gasteiger partial charge on any atom is 0.223 e. The molecule has 0 radical (unpaired) electrons. The summed E-state index contributed by atoms with van der Waals surface area (Å²) in [6, 6.07) is 13.7. The van der Waals surface area contributed by atoms with Crippen LogP contribution in [0.4, 0.5) is 0 Å². The number of nitrogens with two attached hydrogens (primary N) is 1. The lowest BCUT2D eigenvalue weighted by molar-refractivity contribution is -0.134. The van der Waals surface area contributed by atoms with Gasteiger partial charge in [0.2, 0.25) is 11.8 Å². The van der Waals surface area contributed by atoms with E-state index in [-0.39, 0.29) is 30.4 Å². The molecule has 1 atom stereocenters. The molecule has 1 heterocycles. The number of likely N-dealkylation sites (tertiary alicyclic amines) is 1. The lowest BCUT2D eigenvalue weighted by atomic mass is 9.89. The Morgan fingerprint density at radius 3 is 2.56 bits per heavy atom. The largest absolute Gasteiger partial charge is 0.370 e. The number of primary amides is 1. The van der Waals surface area contributed by atoms with Gasteiger partial charge in [0.15, 0.2) is 5.78 Å². The summed E-state index contributed by atoms with van der Waals surface area (Å²) in [4.78, 5) is 37.6. The molecule has 0 aromatic heterocycles. The molecule has 3 rings (SSSR count). The van der Waals surface area contributed by atoms with E-state index in [0.29, 0.717) is 18.7 Å². The van der Waals surface area contributed by atoms with Crippen LogP contribution in [0, 0.1) is 5.92 Å². The van der Waals surface area contributed by atoms with Crippen LogP contribution < -0.4 is 5.73 Å². The number of carbonyl (C=O) groups excluding carboxylic acids is 3. The highest BCUT2D eigenvalue weighted by Crippen LogP contribution is 2.24. The Morgan fingerprint density at radius 1 is 1.04 bits per heavy atom. The molecule has 2 N–H and O–H groups in total. The first-order chi connectivity index (χ1) is 12.0. The Labute approximate surface area is 146 Å². The maximum absolute atomic E-state index is 12.9. The second kappa shape index (κ2) is 7.47. The zero-order valence-corrected chi connectivity index (χ0v) is 14.1. The van der Waals surface area contributed by atoms with Crippen LogP contribution in [0.15, 0.2) is 42.5 Å². The van der Waals surface area contributed by atoms with E-state index in [4.69, 9.17) is 5.73 Å². The molecule has 2 aromatic carbocycles. The molecule has 1 saturated heterocycles. The average molecular weight is 338 g/mol. The van der Waals surface area contributed by atoms with Crippen LogP contribution in [-0.2, 0) is 9.59 Å². The average Bonchev–Trinajstić information content (AvgIpc) is 2.65. The molecule has 0 bridgehead atoms. The van der Waals surface area contributed by atoms with Gasteiger partial charge in [-0.3, -0.25) is 14.4 Å². The third-order valence-electron chi connectivity index (χ3n) is 4.76. The minimum absolute atomic E-state index is 0.0542. The number of benzene rings is 2. The molecular formula is C20H22N2O3. The molecule has 2 amide bonds. The maximum atomic E-state index is 12.9. The van der Waals surface area contributed by atoms with Gasteiger partial charge >= 0.3 is 0 Å². The van der Waals surface area contributed by atoms with Crippen LogP contribution in [0.1, 0.15) is 36.0 Å². The van der Waals surface area contributed by atoms with E-state index < -0.39 is 5.91 Å². The lowest BCUT2D eigenvalue weighted by Crippen LogP contribution is -2.42. The van der Waals surface area contributed by atoms with Crippen molar-refractivity contribution >= 4 is 28.4 Å². The molecular weight excluding hydrogens is 316 g/mol. The molecule has 1 aliphatic rings. The van der Waals surface area contributed by atoms with Gasteiger partial charge in [0.1, 0.15) is 0 Å². The van der Waals surface area contributed by atoms with E-state index >= 15 is 0 Å². The summed E-state index contributed by atoms with van der Waals surface area (Å²) in [6.07, 6.45) is 1.75. The molecule has 1 unspecified atom stereocenters. The first-order valence-electron chi connectivity index (χ1n) is 8.63. The van der Waals surface area contributed by atoms with Crippen molar-refractivity contribution in [2.45, 2.75) is 25.7 Å². The van der Waals surface area contributed by atoms with Crippen molar-refractivity contribution in [3.63, 3.8) is 0 Å². The quantitative estimate of drug-likeness (QED) is 0.851. The van der Waals surface area contributed by atoms with Gasteiger partial charge in [-0.25, -0.2) is 0 Å². The second-order valence-corrected chi connectivity index (χ2v) is 6.57. The van der Waals surface area contributed by atoms with Crippen molar-refractivity contribution in [3.05, 3.63) is 48.0 Å². The van der Waals surface area contributed by atoms with Crippen LogP contribution in [0.2, 0.25) is 0 Å². The Bertz CT molecular complexity index is 815. The number of carbonyl (C=O) groups is 3. The minimum atomic E-state index is -0.478. The predicted octanol–water partition coefficient (Wildman–Crippen LogP) is 2.53. The summed E-state index contributed by atoms with van der Waals surface area (Å²) in [6.45, 7) is 1.06. The first kappa shape index (κ1) is 17.1. The normalized spacial score (nSPS) is 17.4. The molecule has 25 heavy (non-hydrogen) atoms. The van der Waals surface area contributed by atoms with Crippen LogP contribution in [0.3, 0.4) is 0 Å². The van der Waals surface area contributed by atoms with Gasteiger partial charge in [-0.1, -0.05) is 36.4 Å². The zero-order valence-electron chi connectivity index (χ0n) is 14.1. The van der Waals surface area contributed by atoms with E-state index in [9.17, 15) is 14.4 Å². The van der Waals surface area contributed by atoms with Crippen molar-refractivity contribution < 1.29 is 14.4 Å². The predicted molar refractivity (Wildman–Crippen MR) is 96.0 cm³/mol. The van der Waals surface area contributed by atoms with Gasteiger partial charge in [0, 0.05) is 37.4 Å². The minimum Gasteiger partial charge on any atom is -0.370 e. The molecule has 1 aliphatic heterocycles. The molecule has 0 aliphatic carbocycles. The third-order valence-corrected chi connectivity index (χ3v) is 4.76. The van der Waals surface area contributed by atoms with Crippen LogP contribution >= 0.6 is 0 Å². The molecule has 0 saturated carbocycles. The number of nitrogens with zero attached hydrogens (tertiary/aromatic N) is 1. The molecule has 2 aromatic rings. The molecule has 5 heteroatoms. The van der Waals surface area contributed by atoms with Crippen molar-refractivity contribution in [2.24, 2.45) is 11.7 Å². The van der Waals surface area contributed by atoms with Gasteiger partial charge in [-0.05, 0) is 29.7 Å². The Balaban J connectivity index is 1.70. The SMILES string of the molecule is NC(=O)CCC(=O)N1CCCC(C(=O)c2ccc3ccccc3c2)C1. The number of piperidine rings is 1. The highest BCUT2D eigenvalue weighted by Gasteiger charge is 2.29. The number of rotatable bonds is 5. The summed E-state index contributed by atoms with van der Waals surface area (Å²) in [7, 11) is 0. The van der Waals surface area contributed by atoms with Crippen molar-refractivity contribution in [3.8, 4) is 0 Å². The summed E-state index contributed by atoms with van der Waals surface area (Å²) in [5.41, 5.74) is 5.79. The number of hydrogen-bond acceptors (Lipinski definition) is 3. The number of amides is 2. The van der Waals surface area contributed by atoms with E-state index in [1.165, 1.54) is 0 Å². The topological polar surface area (TPSA) is 80.5 Å². The van der Waals surface area contributed by atoms with E-state index in [1.807, 2.05) is 42.5 Å². The number of ketones is 1. The second-order valence-electron chi connectivity index (χ2n) is 6.57. The van der Waals surface area contributed by atoms with E-state index in [1.54, 1.807) is 4.90 Å². The van der Waals surface area contributed by atoms with Gasteiger partial charge in [0.05, 0.1) is 0 Å². The summed E-state index contributed by atoms with van der Waals surface area (Å²) >= 11 is 0. The lowest BCUT2D eigenvalue weighted by Gasteiger charge is -2.32. The fraction of sp³-hybridized carbons (Fsp3) is 0.350. The summed E-state index contributed by atoms with van der Waals surface area (Å²) < 4.78 is 0. The first-order valence-corrected chi connectivity index (χ1v) is 8.63. The molecule has 130 valence electrons. The molecule has 0 spiro atoms. The van der Waals surface area contributed by atoms with Crippen molar-refractivity contribution in [2.75, 3.05) is 13.1 Å². The summed E-state index contributed by atoms with van der Waals surface area (Å²) in [5.74, 6) is -0.686.